The number of aryl methyl sites for hydroxylation is 2. The van der Waals surface area contributed by atoms with Gasteiger partial charge in [-0.25, -0.2) is 0 Å². The molecule has 4 nitrogen and oxygen atoms in total. The topological polar surface area (TPSA) is 45.2 Å². The first kappa shape index (κ1) is 14.6. The highest BCUT2D eigenvalue weighted by molar-refractivity contribution is 5.77. The predicted molar refractivity (Wildman–Crippen MR) is 73.3 cm³/mol. The van der Waals surface area contributed by atoms with Crippen molar-refractivity contribution in [2.75, 3.05) is 19.6 Å². The molecule has 0 atom stereocenters. The van der Waals surface area contributed by atoms with Gasteiger partial charge in [-0.1, -0.05) is 19.9 Å². The van der Waals surface area contributed by atoms with Crippen LogP contribution < -0.4 is 5.32 Å². The zero-order chi connectivity index (χ0) is 13.5. The van der Waals surface area contributed by atoms with Gasteiger partial charge in [-0.3, -0.25) is 14.7 Å². The van der Waals surface area contributed by atoms with Crippen molar-refractivity contribution in [2.45, 2.75) is 34.2 Å². The molecule has 1 N–H and O–H groups in total. The molecular weight excluding hydrogens is 226 g/mol. The molecule has 0 saturated heterocycles. The quantitative estimate of drug-likeness (QED) is 0.834. The maximum absolute atomic E-state index is 11.7. The van der Waals surface area contributed by atoms with Crippen LogP contribution in [-0.2, 0) is 11.3 Å². The van der Waals surface area contributed by atoms with Crippen LogP contribution in [0.4, 0.5) is 0 Å². The standard InChI is InChI=1S/C14H23N3O/c1-5-17(6-2)10-14(18)16-9-13-7-11(3)12(4)15-8-13/h7-8H,5-6,9-10H2,1-4H3,(H,16,18). The van der Waals surface area contributed by atoms with E-state index in [1.165, 1.54) is 0 Å². The number of pyridine rings is 1. The van der Waals surface area contributed by atoms with E-state index in [9.17, 15) is 4.79 Å². The molecule has 100 valence electrons. The van der Waals surface area contributed by atoms with Gasteiger partial charge in [-0.15, -0.1) is 0 Å². The lowest BCUT2D eigenvalue weighted by atomic mass is 10.1. The lowest BCUT2D eigenvalue weighted by molar-refractivity contribution is -0.122. The number of aromatic nitrogens is 1. The molecule has 18 heavy (non-hydrogen) atoms. The van der Waals surface area contributed by atoms with E-state index < -0.39 is 0 Å². The van der Waals surface area contributed by atoms with Crippen LogP contribution in [0.1, 0.15) is 30.7 Å². The Hall–Kier alpha value is -1.42. The normalized spacial score (nSPS) is 10.7. The fourth-order valence-corrected chi connectivity index (χ4v) is 1.70. The molecule has 0 spiro atoms. The summed E-state index contributed by atoms with van der Waals surface area (Å²) in [5.74, 6) is 0.0666. The molecule has 0 aliphatic rings. The Balaban J connectivity index is 2.44. The Morgan fingerprint density at radius 2 is 2.00 bits per heavy atom. The number of likely N-dealkylation sites (N-methyl/N-ethyl adjacent to an activating group) is 1. The Morgan fingerprint density at radius 1 is 1.33 bits per heavy atom. The minimum Gasteiger partial charge on any atom is -0.351 e. The highest BCUT2D eigenvalue weighted by Crippen LogP contribution is 2.05. The summed E-state index contributed by atoms with van der Waals surface area (Å²) in [6.07, 6.45) is 1.82. The van der Waals surface area contributed by atoms with Gasteiger partial charge in [0.1, 0.15) is 0 Å². The lowest BCUT2D eigenvalue weighted by Gasteiger charge is -2.17. The average Bonchev–Trinajstić information content (AvgIpc) is 2.37. The minimum atomic E-state index is 0.0666. The second-order valence-electron chi connectivity index (χ2n) is 4.48. The Bertz CT molecular complexity index is 400. The van der Waals surface area contributed by atoms with E-state index in [1.54, 1.807) is 0 Å². The van der Waals surface area contributed by atoms with Crippen LogP contribution in [0.5, 0.6) is 0 Å². The lowest BCUT2D eigenvalue weighted by Crippen LogP contribution is -2.36. The van der Waals surface area contributed by atoms with Gasteiger partial charge in [0.15, 0.2) is 0 Å². The molecule has 0 aliphatic heterocycles. The van der Waals surface area contributed by atoms with Crippen molar-refractivity contribution in [2.24, 2.45) is 0 Å². The second kappa shape index (κ2) is 7.11. The average molecular weight is 249 g/mol. The van der Waals surface area contributed by atoms with E-state index in [0.717, 1.165) is 29.9 Å². The maximum Gasteiger partial charge on any atom is 0.234 e. The molecule has 1 aromatic heterocycles. The van der Waals surface area contributed by atoms with Crippen molar-refractivity contribution in [3.8, 4) is 0 Å². The molecule has 0 aliphatic carbocycles. The summed E-state index contributed by atoms with van der Waals surface area (Å²) >= 11 is 0. The third-order valence-electron chi connectivity index (χ3n) is 3.15. The molecule has 4 heteroatoms. The van der Waals surface area contributed by atoms with Gasteiger partial charge in [0.2, 0.25) is 5.91 Å². The number of hydrogen-bond acceptors (Lipinski definition) is 3. The van der Waals surface area contributed by atoms with Gasteiger partial charge in [0.05, 0.1) is 6.54 Å². The van der Waals surface area contributed by atoms with Crippen LogP contribution in [0, 0.1) is 13.8 Å². The largest absolute Gasteiger partial charge is 0.351 e. The summed E-state index contributed by atoms with van der Waals surface area (Å²) in [7, 11) is 0. The van der Waals surface area contributed by atoms with Crippen LogP contribution in [0.2, 0.25) is 0 Å². The number of hydrogen-bond donors (Lipinski definition) is 1. The Labute approximate surface area is 109 Å². The van der Waals surface area contributed by atoms with Gasteiger partial charge in [-0.2, -0.15) is 0 Å². The molecule has 0 saturated carbocycles. The van der Waals surface area contributed by atoms with E-state index in [4.69, 9.17) is 0 Å². The van der Waals surface area contributed by atoms with Crippen molar-refractivity contribution in [1.82, 2.24) is 15.2 Å². The van der Waals surface area contributed by atoms with Gasteiger partial charge in [-0.05, 0) is 38.1 Å². The first-order chi connectivity index (χ1) is 8.56. The van der Waals surface area contributed by atoms with Crippen molar-refractivity contribution < 1.29 is 4.79 Å². The van der Waals surface area contributed by atoms with E-state index in [-0.39, 0.29) is 5.91 Å². The van der Waals surface area contributed by atoms with Crippen LogP contribution in [0.25, 0.3) is 0 Å². The first-order valence-corrected chi connectivity index (χ1v) is 6.48. The molecule has 0 unspecified atom stereocenters. The van der Waals surface area contributed by atoms with Gasteiger partial charge in [0, 0.05) is 18.4 Å². The zero-order valence-electron chi connectivity index (χ0n) is 11.8. The van der Waals surface area contributed by atoms with Crippen LogP contribution in [0.3, 0.4) is 0 Å². The molecule has 1 heterocycles. The van der Waals surface area contributed by atoms with E-state index in [2.05, 4.69) is 35.1 Å². The zero-order valence-corrected chi connectivity index (χ0v) is 11.8. The van der Waals surface area contributed by atoms with Gasteiger partial charge in [0.25, 0.3) is 0 Å². The maximum atomic E-state index is 11.7. The highest BCUT2D eigenvalue weighted by Gasteiger charge is 2.07. The molecule has 0 radical (unpaired) electrons. The molecule has 0 fully saturated rings. The highest BCUT2D eigenvalue weighted by atomic mass is 16.2. The molecule has 1 aromatic rings. The van der Waals surface area contributed by atoms with Crippen molar-refractivity contribution >= 4 is 5.91 Å². The summed E-state index contributed by atoms with van der Waals surface area (Å²) < 4.78 is 0. The van der Waals surface area contributed by atoms with E-state index in [0.29, 0.717) is 13.1 Å². The first-order valence-electron chi connectivity index (χ1n) is 6.48. The van der Waals surface area contributed by atoms with Crippen molar-refractivity contribution in [3.63, 3.8) is 0 Å². The number of amides is 1. The number of rotatable bonds is 6. The van der Waals surface area contributed by atoms with Gasteiger partial charge < -0.3 is 5.32 Å². The fraction of sp³-hybridized carbons (Fsp3) is 0.571. The van der Waals surface area contributed by atoms with E-state index >= 15 is 0 Å². The summed E-state index contributed by atoms with van der Waals surface area (Å²) in [4.78, 5) is 18.1. The summed E-state index contributed by atoms with van der Waals surface area (Å²) in [6.45, 7) is 10.9. The van der Waals surface area contributed by atoms with Crippen molar-refractivity contribution in [1.29, 1.82) is 0 Å². The third kappa shape index (κ3) is 4.45. The van der Waals surface area contributed by atoms with Gasteiger partial charge >= 0.3 is 0 Å². The predicted octanol–water partition coefficient (Wildman–Crippen LogP) is 1.66. The van der Waals surface area contributed by atoms with Crippen LogP contribution in [0.15, 0.2) is 12.3 Å². The summed E-state index contributed by atoms with van der Waals surface area (Å²) in [6, 6.07) is 2.07. The van der Waals surface area contributed by atoms with Crippen LogP contribution in [-0.4, -0.2) is 35.4 Å². The SMILES string of the molecule is CCN(CC)CC(=O)NCc1cnc(C)c(C)c1. The number of nitrogens with zero attached hydrogens (tertiary/aromatic N) is 2. The molecular formula is C14H23N3O. The summed E-state index contributed by atoms with van der Waals surface area (Å²) in [5.41, 5.74) is 3.24. The number of carbonyl (C=O) groups is 1. The Kier molecular flexibility index (Phi) is 5.78. The fourth-order valence-electron chi connectivity index (χ4n) is 1.70. The monoisotopic (exact) mass is 249 g/mol. The molecule has 0 bridgehead atoms. The Morgan fingerprint density at radius 3 is 2.56 bits per heavy atom. The second-order valence-corrected chi connectivity index (χ2v) is 4.48. The number of carbonyl (C=O) groups excluding carboxylic acids is 1. The van der Waals surface area contributed by atoms with Crippen molar-refractivity contribution in [3.05, 3.63) is 29.1 Å². The van der Waals surface area contributed by atoms with E-state index in [1.807, 2.05) is 20.0 Å². The minimum absolute atomic E-state index is 0.0666. The van der Waals surface area contributed by atoms with Crippen LogP contribution >= 0.6 is 0 Å². The smallest absolute Gasteiger partial charge is 0.234 e. The molecule has 0 aromatic carbocycles. The molecule has 1 amide bonds. The number of nitrogens with one attached hydrogen (secondary N) is 1. The third-order valence-corrected chi connectivity index (χ3v) is 3.15. The molecule has 1 rings (SSSR count). The summed E-state index contributed by atoms with van der Waals surface area (Å²) in [5, 5.41) is 2.92.